The molecule has 1 aromatic carbocycles. The van der Waals surface area contributed by atoms with E-state index in [1.54, 1.807) is 12.5 Å². The largest absolute Gasteiger partial charge is 0.324 e. The van der Waals surface area contributed by atoms with Crippen LogP contribution in [0.5, 0.6) is 0 Å². The molecule has 160 valence electrons. The number of halogens is 1. The van der Waals surface area contributed by atoms with Crippen LogP contribution < -0.4 is 10.6 Å². The number of pyridine rings is 1. The van der Waals surface area contributed by atoms with Crippen molar-refractivity contribution in [2.24, 2.45) is 0 Å². The van der Waals surface area contributed by atoms with E-state index in [2.05, 4.69) is 59.5 Å². The molecule has 1 fully saturated rings. The van der Waals surface area contributed by atoms with Gasteiger partial charge in [0.25, 0.3) is 0 Å². The van der Waals surface area contributed by atoms with Crippen molar-refractivity contribution in [1.82, 2.24) is 35.1 Å². The average Bonchev–Trinajstić information content (AvgIpc) is 3.21. The lowest BCUT2D eigenvalue weighted by Crippen LogP contribution is -2.44. The molecule has 5 rings (SSSR count). The maximum atomic E-state index is 4.65. The van der Waals surface area contributed by atoms with E-state index in [9.17, 15) is 0 Å². The van der Waals surface area contributed by atoms with E-state index in [1.165, 1.54) is 5.56 Å². The molecule has 1 aliphatic heterocycles. The second-order valence-corrected chi connectivity index (χ2v) is 7.47. The second kappa shape index (κ2) is 9.38. The van der Waals surface area contributed by atoms with Crippen molar-refractivity contribution in [2.45, 2.75) is 13.0 Å². The van der Waals surface area contributed by atoms with Gasteiger partial charge in [-0.25, -0.2) is 19.9 Å². The first kappa shape index (κ1) is 21.2. The van der Waals surface area contributed by atoms with Gasteiger partial charge in [0, 0.05) is 50.2 Å². The Balaban J connectivity index is 0.00000231. The van der Waals surface area contributed by atoms with Gasteiger partial charge in [-0.2, -0.15) is 0 Å². The highest BCUT2D eigenvalue weighted by molar-refractivity contribution is 5.85. The van der Waals surface area contributed by atoms with Gasteiger partial charge in [-0.1, -0.05) is 6.07 Å². The number of hydrogen-bond acceptors (Lipinski definition) is 7. The molecule has 1 aliphatic rings. The first-order chi connectivity index (χ1) is 14.8. The van der Waals surface area contributed by atoms with E-state index in [4.69, 9.17) is 0 Å². The third-order valence-corrected chi connectivity index (χ3v) is 5.57. The number of aromatic nitrogens is 5. The molecule has 0 radical (unpaired) electrons. The number of fused-ring (bicyclic) bond motifs is 1. The van der Waals surface area contributed by atoms with Crippen LogP contribution in [0.3, 0.4) is 0 Å². The summed E-state index contributed by atoms with van der Waals surface area (Å²) in [6.45, 7) is 6.45. The predicted molar refractivity (Wildman–Crippen MR) is 125 cm³/mol. The van der Waals surface area contributed by atoms with Crippen LogP contribution in [0.4, 0.5) is 11.8 Å². The van der Waals surface area contributed by atoms with Gasteiger partial charge in [0.1, 0.15) is 12.1 Å². The first-order valence-corrected chi connectivity index (χ1v) is 10.2. The number of imidazole rings is 1. The van der Waals surface area contributed by atoms with Crippen LogP contribution in [0, 0.1) is 0 Å². The van der Waals surface area contributed by atoms with E-state index < -0.39 is 0 Å². The molecule has 31 heavy (non-hydrogen) atoms. The SMILES string of the molecule is CC(c1ccnc(Nc2nc3ccc(-c4ccncn4)cc3[nH]2)c1)N1CCNCC1.Cl. The second-order valence-electron chi connectivity index (χ2n) is 7.47. The molecular formula is C22H25ClN8. The highest BCUT2D eigenvalue weighted by Crippen LogP contribution is 2.25. The van der Waals surface area contributed by atoms with Gasteiger partial charge in [-0.3, -0.25) is 4.90 Å². The Labute approximate surface area is 187 Å². The molecule has 0 aliphatic carbocycles. The zero-order valence-corrected chi connectivity index (χ0v) is 18.1. The Morgan fingerprint density at radius 2 is 1.90 bits per heavy atom. The summed E-state index contributed by atoms with van der Waals surface area (Å²) >= 11 is 0. The van der Waals surface area contributed by atoms with Crippen molar-refractivity contribution in [3.63, 3.8) is 0 Å². The first-order valence-electron chi connectivity index (χ1n) is 10.2. The maximum Gasteiger partial charge on any atom is 0.206 e. The van der Waals surface area contributed by atoms with Gasteiger partial charge in [0.05, 0.1) is 16.7 Å². The number of anilines is 2. The van der Waals surface area contributed by atoms with Crippen molar-refractivity contribution in [1.29, 1.82) is 0 Å². The summed E-state index contributed by atoms with van der Waals surface area (Å²) in [5.41, 5.74) is 4.98. The number of H-pyrrole nitrogens is 1. The fourth-order valence-electron chi connectivity index (χ4n) is 3.87. The topological polar surface area (TPSA) is 94.6 Å². The standard InChI is InChI=1S/C22H24N8.ClH/c1-15(30-10-8-23-9-11-30)16-4-7-25-21(13-16)29-22-27-19-3-2-17(12-20(19)28-22)18-5-6-24-14-26-18;/h2-7,12-15,23H,8-11H2,1H3,(H2,25,27,28,29);1H. The zero-order chi connectivity index (χ0) is 20.3. The van der Waals surface area contributed by atoms with Crippen LogP contribution >= 0.6 is 12.4 Å². The Bertz CT molecular complexity index is 1140. The molecule has 3 aromatic heterocycles. The molecule has 1 unspecified atom stereocenters. The normalized spacial score (nSPS) is 15.4. The van der Waals surface area contributed by atoms with Crippen molar-refractivity contribution in [3.05, 3.63) is 60.7 Å². The van der Waals surface area contributed by atoms with Gasteiger partial charge in [-0.05, 0) is 42.8 Å². The molecule has 0 spiro atoms. The number of aromatic amines is 1. The van der Waals surface area contributed by atoms with Gasteiger partial charge in [0.2, 0.25) is 5.95 Å². The fraction of sp³-hybridized carbons (Fsp3) is 0.273. The van der Waals surface area contributed by atoms with E-state index in [1.807, 2.05) is 30.5 Å². The molecule has 4 aromatic rings. The number of benzene rings is 1. The molecule has 4 heterocycles. The fourth-order valence-corrected chi connectivity index (χ4v) is 3.87. The van der Waals surface area contributed by atoms with Crippen LogP contribution in [-0.2, 0) is 0 Å². The van der Waals surface area contributed by atoms with E-state index >= 15 is 0 Å². The van der Waals surface area contributed by atoms with Gasteiger partial charge >= 0.3 is 0 Å². The summed E-state index contributed by atoms with van der Waals surface area (Å²) in [4.78, 5) is 23.3. The van der Waals surface area contributed by atoms with E-state index in [-0.39, 0.29) is 12.4 Å². The molecule has 0 amide bonds. The summed E-state index contributed by atoms with van der Waals surface area (Å²) in [5, 5.41) is 6.72. The highest BCUT2D eigenvalue weighted by Gasteiger charge is 2.18. The minimum atomic E-state index is 0. The van der Waals surface area contributed by atoms with Gasteiger partial charge in [-0.15, -0.1) is 12.4 Å². The van der Waals surface area contributed by atoms with Crippen molar-refractivity contribution < 1.29 is 0 Å². The van der Waals surface area contributed by atoms with Crippen LogP contribution in [0.1, 0.15) is 18.5 Å². The van der Waals surface area contributed by atoms with Crippen LogP contribution in [0.15, 0.2) is 55.1 Å². The summed E-state index contributed by atoms with van der Waals surface area (Å²) in [7, 11) is 0. The Hall–Kier alpha value is -3.07. The van der Waals surface area contributed by atoms with Crippen molar-refractivity contribution >= 4 is 35.2 Å². The maximum absolute atomic E-state index is 4.65. The number of piperazine rings is 1. The molecule has 3 N–H and O–H groups in total. The molecule has 1 saturated heterocycles. The number of rotatable bonds is 5. The summed E-state index contributed by atoms with van der Waals surface area (Å²) < 4.78 is 0. The van der Waals surface area contributed by atoms with E-state index in [0.717, 1.165) is 54.3 Å². The summed E-state index contributed by atoms with van der Waals surface area (Å²) in [5.74, 6) is 1.45. The predicted octanol–water partition coefficient (Wildman–Crippen LogP) is 3.55. The lowest BCUT2D eigenvalue weighted by atomic mass is 10.1. The molecular weight excluding hydrogens is 412 g/mol. The smallest absolute Gasteiger partial charge is 0.206 e. The molecule has 8 nitrogen and oxygen atoms in total. The zero-order valence-electron chi connectivity index (χ0n) is 17.2. The Morgan fingerprint density at radius 3 is 2.71 bits per heavy atom. The van der Waals surface area contributed by atoms with Gasteiger partial charge in [0.15, 0.2) is 0 Å². The lowest BCUT2D eigenvalue weighted by Gasteiger charge is -2.33. The highest BCUT2D eigenvalue weighted by atomic mass is 35.5. The lowest BCUT2D eigenvalue weighted by molar-refractivity contribution is 0.185. The van der Waals surface area contributed by atoms with Gasteiger partial charge < -0.3 is 15.6 Å². The third-order valence-electron chi connectivity index (χ3n) is 5.57. The summed E-state index contributed by atoms with van der Waals surface area (Å²) in [6, 6.07) is 12.5. The molecule has 0 saturated carbocycles. The van der Waals surface area contributed by atoms with Crippen LogP contribution in [0.2, 0.25) is 0 Å². The third kappa shape index (κ3) is 4.66. The average molecular weight is 437 g/mol. The Morgan fingerprint density at radius 1 is 1.03 bits per heavy atom. The molecule has 0 bridgehead atoms. The molecule has 9 heteroatoms. The van der Waals surface area contributed by atoms with E-state index in [0.29, 0.717) is 12.0 Å². The quantitative estimate of drug-likeness (QED) is 0.440. The molecule has 1 atom stereocenters. The minimum absolute atomic E-state index is 0. The number of hydrogen-bond donors (Lipinski definition) is 3. The van der Waals surface area contributed by atoms with Crippen molar-refractivity contribution in [3.8, 4) is 11.3 Å². The minimum Gasteiger partial charge on any atom is -0.324 e. The number of nitrogens with zero attached hydrogens (tertiary/aromatic N) is 5. The van der Waals surface area contributed by atoms with Crippen LogP contribution in [0.25, 0.3) is 22.3 Å². The number of nitrogens with one attached hydrogen (secondary N) is 3. The van der Waals surface area contributed by atoms with Crippen molar-refractivity contribution in [2.75, 3.05) is 31.5 Å². The summed E-state index contributed by atoms with van der Waals surface area (Å²) in [6.07, 6.45) is 5.15. The van der Waals surface area contributed by atoms with Crippen LogP contribution in [-0.4, -0.2) is 56.0 Å². The monoisotopic (exact) mass is 436 g/mol. The Kier molecular flexibility index (Phi) is 6.41.